The smallest absolute Gasteiger partial charge is 0.278 e. The molecule has 1 aliphatic rings. The largest absolute Gasteiger partial charge is 0.318 e. The van der Waals surface area contributed by atoms with Crippen molar-refractivity contribution >= 4 is 11.6 Å². The Kier molecular flexibility index (Phi) is 4.94. The molecule has 0 radical (unpaired) electrons. The number of aromatic nitrogens is 5. The van der Waals surface area contributed by atoms with Gasteiger partial charge in [0.2, 0.25) is 0 Å². The number of nitrogens with zero attached hydrogens (tertiary/aromatic N) is 5. The van der Waals surface area contributed by atoms with Gasteiger partial charge in [0, 0.05) is 12.7 Å². The van der Waals surface area contributed by atoms with Gasteiger partial charge in [-0.25, -0.2) is 4.68 Å². The molecular weight excluding hydrogens is 306 g/mol. The average Bonchev–Trinajstić information content (AvgIpc) is 3.14. The molecule has 130 valence electrons. The molecule has 0 spiro atoms. The summed E-state index contributed by atoms with van der Waals surface area (Å²) in [6.45, 7) is 8.92. The monoisotopic (exact) mass is 331 g/mol. The van der Waals surface area contributed by atoms with E-state index in [-0.39, 0.29) is 5.91 Å². The molecule has 0 unspecified atom stereocenters. The van der Waals surface area contributed by atoms with Gasteiger partial charge < -0.3 is 10.6 Å². The van der Waals surface area contributed by atoms with Crippen LogP contribution in [-0.4, -0.2) is 43.8 Å². The van der Waals surface area contributed by atoms with Gasteiger partial charge in [0.05, 0.1) is 23.6 Å². The number of anilines is 1. The molecular formula is C16H25N7O. The summed E-state index contributed by atoms with van der Waals surface area (Å²) in [5.41, 5.74) is 1.87. The van der Waals surface area contributed by atoms with Gasteiger partial charge in [-0.05, 0) is 38.8 Å². The summed E-state index contributed by atoms with van der Waals surface area (Å²) in [5, 5.41) is 18.7. The Morgan fingerprint density at radius 2 is 2.17 bits per heavy atom. The average molecular weight is 331 g/mol. The number of nitrogens with one attached hydrogen (secondary N) is 2. The Labute approximate surface area is 141 Å². The Hall–Kier alpha value is -2.22. The number of carbonyl (C=O) groups is 1. The lowest BCUT2D eigenvalue weighted by molar-refractivity contribution is 0.102. The molecule has 3 heterocycles. The molecule has 1 amide bonds. The van der Waals surface area contributed by atoms with E-state index in [0.29, 0.717) is 23.3 Å². The fourth-order valence-corrected chi connectivity index (χ4v) is 3.04. The maximum atomic E-state index is 12.5. The molecule has 2 N–H and O–H groups in total. The van der Waals surface area contributed by atoms with Gasteiger partial charge in [0.15, 0.2) is 5.69 Å². The van der Waals surface area contributed by atoms with E-state index in [2.05, 4.69) is 39.9 Å². The third-order valence-electron chi connectivity index (χ3n) is 4.24. The van der Waals surface area contributed by atoms with Crippen molar-refractivity contribution in [2.45, 2.75) is 46.2 Å². The number of hydrogen-bond acceptors (Lipinski definition) is 5. The standard InChI is InChI=1S/C16H25N7O/c1-11(2)9-22-10-13(8-18-22)19-16(24)15-12(3)23(21-20-15)14-4-6-17-7-5-14/h8,10-11,14,17H,4-7,9H2,1-3H3,(H,19,24). The Bertz CT molecular complexity index is 697. The van der Waals surface area contributed by atoms with Gasteiger partial charge in [0.25, 0.3) is 5.91 Å². The molecule has 8 nitrogen and oxygen atoms in total. The molecule has 2 aromatic rings. The normalized spacial score (nSPS) is 15.8. The zero-order valence-electron chi connectivity index (χ0n) is 14.5. The van der Waals surface area contributed by atoms with Crippen LogP contribution in [0.5, 0.6) is 0 Å². The molecule has 24 heavy (non-hydrogen) atoms. The fourth-order valence-electron chi connectivity index (χ4n) is 3.04. The van der Waals surface area contributed by atoms with Crippen molar-refractivity contribution < 1.29 is 4.79 Å². The van der Waals surface area contributed by atoms with Crippen LogP contribution in [0, 0.1) is 12.8 Å². The summed E-state index contributed by atoms with van der Waals surface area (Å²) in [4.78, 5) is 12.5. The first-order chi connectivity index (χ1) is 11.5. The van der Waals surface area contributed by atoms with E-state index in [1.165, 1.54) is 0 Å². The highest BCUT2D eigenvalue weighted by atomic mass is 16.2. The van der Waals surface area contributed by atoms with E-state index in [9.17, 15) is 4.79 Å². The summed E-state index contributed by atoms with van der Waals surface area (Å²) < 4.78 is 3.72. The lowest BCUT2D eigenvalue weighted by Gasteiger charge is -2.23. The summed E-state index contributed by atoms with van der Waals surface area (Å²) in [6.07, 6.45) is 5.51. The van der Waals surface area contributed by atoms with Crippen LogP contribution in [0.3, 0.4) is 0 Å². The molecule has 3 rings (SSSR count). The number of rotatable bonds is 5. The van der Waals surface area contributed by atoms with Gasteiger partial charge in [0.1, 0.15) is 0 Å². The number of hydrogen-bond donors (Lipinski definition) is 2. The van der Waals surface area contributed by atoms with Crippen molar-refractivity contribution in [2.75, 3.05) is 18.4 Å². The highest BCUT2D eigenvalue weighted by molar-refractivity contribution is 6.03. The summed E-state index contributed by atoms with van der Waals surface area (Å²) >= 11 is 0. The van der Waals surface area contributed by atoms with Crippen LogP contribution in [-0.2, 0) is 6.54 Å². The van der Waals surface area contributed by atoms with E-state index >= 15 is 0 Å². The SMILES string of the molecule is Cc1c(C(=O)Nc2cnn(CC(C)C)c2)nnn1C1CCNCC1. The van der Waals surface area contributed by atoms with Crippen molar-refractivity contribution in [2.24, 2.45) is 5.92 Å². The minimum atomic E-state index is -0.239. The maximum Gasteiger partial charge on any atom is 0.278 e. The Balaban J connectivity index is 1.69. The lowest BCUT2D eigenvalue weighted by atomic mass is 10.1. The highest BCUT2D eigenvalue weighted by Gasteiger charge is 2.23. The Morgan fingerprint density at radius 1 is 1.42 bits per heavy atom. The first-order valence-electron chi connectivity index (χ1n) is 8.51. The molecule has 1 saturated heterocycles. The summed E-state index contributed by atoms with van der Waals surface area (Å²) in [7, 11) is 0. The van der Waals surface area contributed by atoms with Gasteiger partial charge >= 0.3 is 0 Å². The van der Waals surface area contributed by atoms with Crippen molar-refractivity contribution in [3.05, 3.63) is 23.8 Å². The first-order valence-corrected chi connectivity index (χ1v) is 8.51. The second-order valence-electron chi connectivity index (χ2n) is 6.75. The topological polar surface area (TPSA) is 89.7 Å². The van der Waals surface area contributed by atoms with Crippen LogP contribution in [0.15, 0.2) is 12.4 Å². The predicted molar refractivity (Wildman–Crippen MR) is 90.9 cm³/mol. The van der Waals surface area contributed by atoms with E-state index in [1.54, 1.807) is 6.20 Å². The number of piperidine rings is 1. The van der Waals surface area contributed by atoms with Gasteiger partial charge in [-0.15, -0.1) is 5.10 Å². The third-order valence-corrected chi connectivity index (χ3v) is 4.24. The first kappa shape index (κ1) is 16.6. The quantitative estimate of drug-likeness (QED) is 0.869. The molecule has 0 aromatic carbocycles. The summed E-state index contributed by atoms with van der Waals surface area (Å²) in [5.74, 6) is 0.261. The predicted octanol–water partition coefficient (Wildman–Crippen LogP) is 1.62. The molecule has 2 aromatic heterocycles. The van der Waals surface area contributed by atoms with Gasteiger partial charge in [-0.2, -0.15) is 5.10 Å². The van der Waals surface area contributed by atoms with Crippen LogP contribution >= 0.6 is 0 Å². The van der Waals surface area contributed by atoms with E-state index in [1.807, 2.05) is 22.5 Å². The van der Waals surface area contributed by atoms with Crippen molar-refractivity contribution in [3.63, 3.8) is 0 Å². The fraction of sp³-hybridized carbons (Fsp3) is 0.625. The van der Waals surface area contributed by atoms with Crippen molar-refractivity contribution in [1.82, 2.24) is 30.1 Å². The molecule has 8 heteroatoms. The molecule has 1 fully saturated rings. The minimum absolute atomic E-state index is 0.239. The van der Waals surface area contributed by atoms with Crippen LogP contribution in [0.1, 0.15) is 48.9 Å². The number of carbonyl (C=O) groups excluding carboxylic acids is 1. The molecule has 0 saturated carbocycles. The van der Waals surface area contributed by atoms with Gasteiger partial charge in [-0.3, -0.25) is 9.48 Å². The van der Waals surface area contributed by atoms with E-state index in [0.717, 1.165) is 38.2 Å². The Morgan fingerprint density at radius 3 is 2.88 bits per heavy atom. The molecule has 1 aliphatic heterocycles. The highest BCUT2D eigenvalue weighted by Crippen LogP contribution is 2.20. The van der Waals surface area contributed by atoms with Gasteiger partial charge in [-0.1, -0.05) is 19.1 Å². The second-order valence-corrected chi connectivity index (χ2v) is 6.75. The maximum absolute atomic E-state index is 12.5. The van der Waals surface area contributed by atoms with Crippen LogP contribution in [0.2, 0.25) is 0 Å². The molecule has 0 aliphatic carbocycles. The van der Waals surface area contributed by atoms with E-state index in [4.69, 9.17) is 0 Å². The minimum Gasteiger partial charge on any atom is -0.318 e. The van der Waals surface area contributed by atoms with E-state index < -0.39 is 0 Å². The summed E-state index contributed by atoms with van der Waals surface area (Å²) in [6, 6.07) is 0.314. The molecule has 0 atom stereocenters. The van der Waals surface area contributed by atoms with Crippen molar-refractivity contribution in [3.8, 4) is 0 Å². The van der Waals surface area contributed by atoms with Crippen LogP contribution in [0.25, 0.3) is 0 Å². The van der Waals surface area contributed by atoms with Crippen molar-refractivity contribution in [1.29, 1.82) is 0 Å². The second kappa shape index (κ2) is 7.12. The number of amides is 1. The van der Waals surface area contributed by atoms with Crippen LogP contribution < -0.4 is 10.6 Å². The molecule has 0 bridgehead atoms. The zero-order valence-corrected chi connectivity index (χ0v) is 14.5. The lowest BCUT2D eigenvalue weighted by Crippen LogP contribution is -2.30. The zero-order chi connectivity index (χ0) is 17.1. The third kappa shape index (κ3) is 3.64. The van der Waals surface area contributed by atoms with Crippen LogP contribution in [0.4, 0.5) is 5.69 Å².